The van der Waals surface area contributed by atoms with Crippen molar-refractivity contribution in [3.8, 4) is 5.75 Å². The van der Waals surface area contributed by atoms with Gasteiger partial charge in [0.25, 0.3) is 5.56 Å². The van der Waals surface area contributed by atoms with Gasteiger partial charge in [0.15, 0.2) is 0 Å². The number of thiophene rings is 1. The lowest BCUT2D eigenvalue weighted by Gasteiger charge is -2.10. The SMILES string of the molecule is CCOC=Cc1c(OC)ccc2[nH]c(=O)c3sccc3c12. The number of aromatic nitrogens is 1. The Hall–Kier alpha value is -2.27. The molecule has 0 unspecified atom stereocenters. The van der Waals surface area contributed by atoms with E-state index in [1.54, 1.807) is 13.4 Å². The molecule has 3 aromatic rings. The van der Waals surface area contributed by atoms with Gasteiger partial charge in [-0.1, -0.05) is 0 Å². The van der Waals surface area contributed by atoms with Crippen LogP contribution in [0.2, 0.25) is 0 Å². The third kappa shape index (κ3) is 2.29. The predicted octanol–water partition coefficient (Wildman–Crippen LogP) is 3.76. The minimum Gasteiger partial charge on any atom is -0.501 e. The second-order valence-electron chi connectivity index (χ2n) is 4.48. The van der Waals surface area contributed by atoms with Crippen LogP contribution in [-0.4, -0.2) is 18.7 Å². The van der Waals surface area contributed by atoms with Gasteiger partial charge < -0.3 is 14.5 Å². The summed E-state index contributed by atoms with van der Waals surface area (Å²) >= 11 is 1.44. The van der Waals surface area contributed by atoms with Crippen LogP contribution in [0.5, 0.6) is 5.75 Å². The van der Waals surface area contributed by atoms with Crippen molar-refractivity contribution < 1.29 is 9.47 Å². The average molecular weight is 301 g/mol. The average Bonchev–Trinajstić information content (AvgIpc) is 2.97. The van der Waals surface area contributed by atoms with E-state index < -0.39 is 0 Å². The summed E-state index contributed by atoms with van der Waals surface area (Å²) in [4.78, 5) is 15.0. The highest BCUT2D eigenvalue weighted by Crippen LogP contribution is 2.33. The number of aromatic amines is 1. The summed E-state index contributed by atoms with van der Waals surface area (Å²) in [6, 6.07) is 5.68. The molecule has 0 aliphatic carbocycles. The van der Waals surface area contributed by atoms with Crippen LogP contribution in [0.3, 0.4) is 0 Å². The first-order valence-corrected chi connectivity index (χ1v) is 7.52. The van der Waals surface area contributed by atoms with E-state index in [1.165, 1.54) is 11.3 Å². The van der Waals surface area contributed by atoms with Crippen molar-refractivity contribution in [2.75, 3.05) is 13.7 Å². The fourth-order valence-electron chi connectivity index (χ4n) is 2.41. The zero-order valence-corrected chi connectivity index (χ0v) is 12.6. The van der Waals surface area contributed by atoms with Gasteiger partial charge in [-0.25, -0.2) is 0 Å². The standard InChI is InChI=1S/C16H15NO3S/c1-3-20-8-6-10-13(19-2)5-4-12-14(10)11-7-9-21-15(11)16(18)17-12/h4-9H,3H2,1-2H3,(H,17,18). The van der Waals surface area contributed by atoms with Gasteiger partial charge in [0.2, 0.25) is 0 Å². The molecule has 4 nitrogen and oxygen atoms in total. The highest BCUT2D eigenvalue weighted by Gasteiger charge is 2.12. The quantitative estimate of drug-likeness (QED) is 0.746. The first kappa shape index (κ1) is 13.7. The fourth-order valence-corrected chi connectivity index (χ4v) is 3.21. The molecule has 108 valence electrons. The molecule has 0 fully saturated rings. The minimum absolute atomic E-state index is 0.0580. The molecule has 5 heteroatoms. The molecule has 0 spiro atoms. The highest BCUT2D eigenvalue weighted by molar-refractivity contribution is 7.17. The molecular formula is C16H15NO3S. The van der Waals surface area contributed by atoms with Gasteiger partial charge in [-0.2, -0.15) is 0 Å². The van der Waals surface area contributed by atoms with E-state index in [0.29, 0.717) is 6.61 Å². The Morgan fingerprint density at radius 1 is 1.33 bits per heavy atom. The van der Waals surface area contributed by atoms with E-state index >= 15 is 0 Å². The van der Waals surface area contributed by atoms with Gasteiger partial charge in [0, 0.05) is 21.9 Å². The van der Waals surface area contributed by atoms with Crippen molar-refractivity contribution in [2.45, 2.75) is 6.92 Å². The Morgan fingerprint density at radius 3 is 2.95 bits per heavy atom. The zero-order chi connectivity index (χ0) is 14.8. The minimum atomic E-state index is -0.0580. The van der Waals surface area contributed by atoms with Crippen molar-refractivity contribution >= 4 is 38.4 Å². The summed E-state index contributed by atoms with van der Waals surface area (Å²) in [5, 5.41) is 3.84. The van der Waals surface area contributed by atoms with Gasteiger partial charge in [0.1, 0.15) is 10.4 Å². The van der Waals surface area contributed by atoms with Gasteiger partial charge in [-0.3, -0.25) is 4.79 Å². The number of ether oxygens (including phenoxy) is 2. The van der Waals surface area contributed by atoms with Crippen molar-refractivity contribution in [1.29, 1.82) is 0 Å². The van der Waals surface area contributed by atoms with Crippen LogP contribution >= 0.6 is 11.3 Å². The van der Waals surface area contributed by atoms with Crippen LogP contribution < -0.4 is 10.3 Å². The second-order valence-corrected chi connectivity index (χ2v) is 5.40. The Bertz CT molecular complexity index is 876. The molecule has 0 saturated carbocycles. The lowest BCUT2D eigenvalue weighted by molar-refractivity contribution is 0.272. The van der Waals surface area contributed by atoms with E-state index in [9.17, 15) is 4.79 Å². The topological polar surface area (TPSA) is 51.3 Å². The third-order valence-corrected chi connectivity index (χ3v) is 4.23. The molecule has 0 saturated heterocycles. The zero-order valence-electron chi connectivity index (χ0n) is 11.8. The summed E-state index contributed by atoms with van der Waals surface area (Å²) in [5.74, 6) is 0.748. The maximum absolute atomic E-state index is 12.1. The summed E-state index contributed by atoms with van der Waals surface area (Å²) in [5.41, 5.74) is 1.64. The number of benzene rings is 1. The van der Waals surface area contributed by atoms with Gasteiger partial charge in [-0.05, 0) is 36.6 Å². The first-order chi connectivity index (χ1) is 10.3. The van der Waals surface area contributed by atoms with Crippen LogP contribution in [0.1, 0.15) is 12.5 Å². The number of pyridine rings is 1. The monoisotopic (exact) mass is 301 g/mol. The van der Waals surface area contributed by atoms with Gasteiger partial charge in [-0.15, -0.1) is 11.3 Å². The normalized spacial score (nSPS) is 11.5. The molecule has 0 amide bonds. The number of hydrogen-bond acceptors (Lipinski definition) is 4. The Kier molecular flexibility index (Phi) is 3.66. The third-order valence-electron chi connectivity index (χ3n) is 3.31. The molecule has 0 aliphatic rings. The maximum atomic E-state index is 12.1. The van der Waals surface area contributed by atoms with E-state index in [0.717, 1.165) is 32.3 Å². The van der Waals surface area contributed by atoms with Crippen molar-refractivity contribution in [3.63, 3.8) is 0 Å². The van der Waals surface area contributed by atoms with Gasteiger partial charge in [0.05, 0.1) is 20.0 Å². The second kappa shape index (κ2) is 5.61. The van der Waals surface area contributed by atoms with Crippen LogP contribution in [0.25, 0.3) is 27.1 Å². The number of rotatable bonds is 4. The Labute approximate surface area is 125 Å². The highest BCUT2D eigenvalue weighted by atomic mass is 32.1. The van der Waals surface area contributed by atoms with Gasteiger partial charge >= 0.3 is 0 Å². The molecule has 0 atom stereocenters. The molecule has 1 aromatic carbocycles. The molecule has 0 bridgehead atoms. The van der Waals surface area contributed by atoms with Crippen LogP contribution in [0.4, 0.5) is 0 Å². The van der Waals surface area contributed by atoms with E-state index in [2.05, 4.69) is 4.98 Å². The molecule has 21 heavy (non-hydrogen) atoms. The number of fused-ring (bicyclic) bond motifs is 3. The predicted molar refractivity (Wildman–Crippen MR) is 87.2 cm³/mol. The molecule has 3 rings (SSSR count). The van der Waals surface area contributed by atoms with Crippen LogP contribution in [-0.2, 0) is 4.74 Å². The number of methoxy groups -OCH3 is 1. The number of H-pyrrole nitrogens is 1. The summed E-state index contributed by atoms with van der Waals surface area (Å²) < 4.78 is 11.5. The Morgan fingerprint density at radius 2 is 2.19 bits per heavy atom. The van der Waals surface area contributed by atoms with Crippen LogP contribution in [0.15, 0.2) is 34.6 Å². The van der Waals surface area contributed by atoms with E-state index in [-0.39, 0.29) is 5.56 Å². The summed E-state index contributed by atoms with van der Waals surface area (Å²) in [6.45, 7) is 2.54. The lowest BCUT2D eigenvalue weighted by atomic mass is 10.0. The summed E-state index contributed by atoms with van der Waals surface area (Å²) in [7, 11) is 1.63. The Balaban J connectivity index is 2.40. The van der Waals surface area contributed by atoms with Crippen LogP contribution in [0, 0.1) is 0 Å². The smallest absolute Gasteiger partial charge is 0.266 e. The first-order valence-electron chi connectivity index (χ1n) is 6.64. The number of hydrogen-bond donors (Lipinski definition) is 1. The van der Waals surface area contributed by atoms with E-state index in [1.807, 2.05) is 36.6 Å². The van der Waals surface area contributed by atoms with Crippen molar-refractivity contribution in [3.05, 3.63) is 45.8 Å². The largest absolute Gasteiger partial charge is 0.501 e. The molecular weight excluding hydrogens is 286 g/mol. The fraction of sp³-hybridized carbons (Fsp3) is 0.188. The molecule has 2 heterocycles. The lowest BCUT2D eigenvalue weighted by Crippen LogP contribution is -2.05. The molecule has 2 aromatic heterocycles. The maximum Gasteiger partial charge on any atom is 0.266 e. The molecule has 0 aliphatic heterocycles. The molecule has 1 N–H and O–H groups in total. The van der Waals surface area contributed by atoms with Crippen molar-refractivity contribution in [1.82, 2.24) is 4.98 Å². The van der Waals surface area contributed by atoms with E-state index in [4.69, 9.17) is 9.47 Å². The number of nitrogens with one attached hydrogen (secondary N) is 1. The molecule has 0 radical (unpaired) electrons. The van der Waals surface area contributed by atoms with Crippen molar-refractivity contribution in [2.24, 2.45) is 0 Å². The summed E-state index contributed by atoms with van der Waals surface area (Å²) in [6.07, 6.45) is 3.53.